The van der Waals surface area contributed by atoms with E-state index in [1.54, 1.807) is 11.2 Å². The number of alkyl halides is 4. The van der Waals surface area contributed by atoms with E-state index in [9.17, 15) is 17.6 Å². The highest BCUT2D eigenvalue weighted by atomic mass is 19.4. The Labute approximate surface area is 187 Å². The fourth-order valence-electron chi connectivity index (χ4n) is 3.90. The van der Waals surface area contributed by atoms with Gasteiger partial charge in [-0.15, -0.1) is 0 Å². The van der Waals surface area contributed by atoms with E-state index in [1.807, 2.05) is 13.8 Å². The fourth-order valence-corrected chi connectivity index (χ4v) is 3.90. The number of nitrogens with zero attached hydrogens (tertiary/aromatic N) is 4. The molecule has 0 bridgehead atoms. The molecule has 1 aliphatic rings. The number of hydrogen-bond acceptors (Lipinski definition) is 5. The molecule has 2 N–H and O–H groups in total. The van der Waals surface area contributed by atoms with Gasteiger partial charge in [0.15, 0.2) is 0 Å². The molecule has 11 heteroatoms. The SMILES string of the molecule is CC(C)c1cncnc1NN1CCC(c2ncc(-c3ccc(F)c(C(F)(F)F)c3)[nH]2)[C@H](F)C1. The summed E-state index contributed by atoms with van der Waals surface area (Å²) in [4.78, 5) is 15.4. The molecular weight excluding hydrogens is 443 g/mol. The molecule has 0 amide bonds. The van der Waals surface area contributed by atoms with E-state index in [2.05, 4.69) is 25.4 Å². The van der Waals surface area contributed by atoms with Crippen LogP contribution in [0.15, 0.2) is 36.9 Å². The normalized spacial score (nSPS) is 19.8. The largest absolute Gasteiger partial charge is 0.419 e. The van der Waals surface area contributed by atoms with E-state index in [-0.39, 0.29) is 23.7 Å². The highest BCUT2D eigenvalue weighted by molar-refractivity contribution is 5.60. The van der Waals surface area contributed by atoms with Gasteiger partial charge in [-0.25, -0.2) is 28.7 Å². The second-order valence-electron chi connectivity index (χ2n) is 8.32. The summed E-state index contributed by atoms with van der Waals surface area (Å²) in [5.74, 6) is -0.728. The number of imidazole rings is 1. The number of H-pyrrole nitrogens is 1. The van der Waals surface area contributed by atoms with Crippen molar-refractivity contribution in [2.24, 2.45) is 0 Å². The quantitative estimate of drug-likeness (QED) is 0.500. The molecule has 1 saturated heterocycles. The molecule has 1 aliphatic heterocycles. The number of hydrogen-bond donors (Lipinski definition) is 2. The lowest BCUT2D eigenvalue weighted by Gasteiger charge is -2.34. The Hall–Kier alpha value is -3.08. The molecule has 4 rings (SSSR count). The highest BCUT2D eigenvalue weighted by Gasteiger charge is 2.35. The second-order valence-corrected chi connectivity index (χ2v) is 8.32. The Morgan fingerprint density at radius 3 is 2.67 bits per heavy atom. The first-order chi connectivity index (χ1) is 15.6. The molecular formula is C22H23F5N6. The third-order valence-electron chi connectivity index (χ3n) is 5.70. The van der Waals surface area contributed by atoms with Crippen LogP contribution in [0.3, 0.4) is 0 Å². The topological polar surface area (TPSA) is 69.7 Å². The lowest BCUT2D eigenvalue weighted by Crippen LogP contribution is -2.44. The maximum Gasteiger partial charge on any atom is 0.419 e. The molecule has 0 saturated carbocycles. The molecule has 0 radical (unpaired) electrons. The predicted octanol–water partition coefficient (Wildman–Crippen LogP) is 5.30. The highest BCUT2D eigenvalue weighted by Crippen LogP contribution is 2.35. The van der Waals surface area contributed by atoms with Gasteiger partial charge in [0.1, 0.15) is 30.0 Å². The number of anilines is 1. The van der Waals surface area contributed by atoms with Gasteiger partial charge in [0.05, 0.1) is 29.9 Å². The minimum absolute atomic E-state index is 0.0804. The molecule has 3 aromatic rings. The van der Waals surface area contributed by atoms with Crippen LogP contribution < -0.4 is 5.43 Å². The molecule has 6 nitrogen and oxygen atoms in total. The van der Waals surface area contributed by atoms with Gasteiger partial charge in [0.2, 0.25) is 0 Å². The van der Waals surface area contributed by atoms with Crippen molar-refractivity contribution in [2.45, 2.75) is 44.5 Å². The van der Waals surface area contributed by atoms with Crippen LogP contribution in [0.1, 0.15) is 49.1 Å². The van der Waals surface area contributed by atoms with Gasteiger partial charge >= 0.3 is 6.18 Å². The van der Waals surface area contributed by atoms with Crippen molar-refractivity contribution in [1.29, 1.82) is 0 Å². The number of benzene rings is 1. The van der Waals surface area contributed by atoms with Crippen LogP contribution in [-0.4, -0.2) is 44.2 Å². The van der Waals surface area contributed by atoms with Crippen LogP contribution in [0, 0.1) is 5.82 Å². The molecule has 1 fully saturated rings. The number of hydrazine groups is 1. The summed E-state index contributed by atoms with van der Waals surface area (Å²) >= 11 is 0. The van der Waals surface area contributed by atoms with Crippen LogP contribution in [0.2, 0.25) is 0 Å². The van der Waals surface area contributed by atoms with Gasteiger partial charge in [0.25, 0.3) is 0 Å². The summed E-state index contributed by atoms with van der Waals surface area (Å²) in [6.07, 6.45) is -1.15. The summed E-state index contributed by atoms with van der Waals surface area (Å²) in [7, 11) is 0. The van der Waals surface area contributed by atoms with Gasteiger partial charge in [-0.05, 0) is 30.5 Å². The molecule has 0 spiro atoms. The molecule has 2 aromatic heterocycles. The number of aromatic amines is 1. The van der Waals surface area contributed by atoms with Crippen molar-refractivity contribution in [3.8, 4) is 11.3 Å². The summed E-state index contributed by atoms with van der Waals surface area (Å²) in [5, 5.41) is 1.74. The van der Waals surface area contributed by atoms with Crippen LogP contribution in [-0.2, 0) is 6.18 Å². The van der Waals surface area contributed by atoms with Crippen LogP contribution in [0.5, 0.6) is 0 Å². The lowest BCUT2D eigenvalue weighted by molar-refractivity contribution is -0.139. The van der Waals surface area contributed by atoms with Gasteiger partial charge in [-0.3, -0.25) is 0 Å². The maximum atomic E-state index is 15.1. The molecule has 1 unspecified atom stereocenters. The second kappa shape index (κ2) is 9.05. The summed E-state index contributed by atoms with van der Waals surface area (Å²) in [6, 6.07) is 2.72. The first-order valence-electron chi connectivity index (χ1n) is 10.5. The third kappa shape index (κ3) is 4.97. The summed E-state index contributed by atoms with van der Waals surface area (Å²) in [6.45, 7) is 4.62. The van der Waals surface area contributed by atoms with Gasteiger partial charge in [-0.1, -0.05) is 13.8 Å². The Morgan fingerprint density at radius 1 is 1.18 bits per heavy atom. The molecule has 2 atom stereocenters. The van der Waals surface area contributed by atoms with Gasteiger partial charge in [-0.2, -0.15) is 13.2 Å². The average Bonchev–Trinajstić information content (AvgIpc) is 3.23. The molecule has 176 valence electrons. The van der Waals surface area contributed by atoms with Crippen LogP contribution in [0.25, 0.3) is 11.3 Å². The van der Waals surface area contributed by atoms with Gasteiger partial charge < -0.3 is 10.4 Å². The first kappa shape index (κ1) is 23.1. The maximum absolute atomic E-state index is 15.1. The van der Waals surface area contributed by atoms with E-state index in [4.69, 9.17) is 0 Å². The van der Waals surface area contributed by atoms with Crippen molar-refractivity contribution < 1.29 is 22.0 Å². The number of halogens is 5. The zero-order valence-electron chi connectivity index (χ0n) is 18.0. The zero-order valence-corrected chi connectivity index (χ0v) is 18.0. The summed E-state index contributed by atoms with van der Waals surface area (Å²) < 4.78 is 67.7. The first-order valence-corrected chi connectivity index (χ1v) is 10.5. The minimum Gasteiger partial charge on any atom is -0.342 e. The average molecular weight is 466 g/mol. The Bertz CT molecular complexity index is 1110. The monoisotopic (exact) mass is 466 g/mol. The van der Waals surface area contributed by atoms with Crippen molar-refractivity contribution in [1.82, 2.24) is 24.9 Å². The fraction of sp³-hybridized carbons (Fsp3) is 0.409. The molecule has 33 heavy (non-hydrogen) atoms. The minimum atomic E-state index is -4.81. The number of nitrogens with one attached hydrogen (secondary N) is 2. The van der Waals surface area contributed by atoms with Gasteiger partial charge in [0, 0.05) is 23.9 Å². The molecule has 1 aromatic carbocycles. The lowest BCUT2D eigenvalue weighted by atomic mass is 9.95. The van der Waals surface area contributed by atoms with E-state index >= 15 is 4.39 Å². The zero-order chi connectivity index (χ0) is 23.8. The van der Waals surface area contributed by atoms with Crippen LogP contribution >= 0.6 is 0 Å². The van der Waals surface area contributed by atoms with E-state index in [0.29, 0.717) is 24.6 Å². The number of rotatable bonds is 5. The van der Waals surface area contributed by atoms with Crippen molar-refractivity contribution in [3.63, 3.8) is 0 Å². The van der Waals surface area contributed by atoms with E-state index in [1.165, 1.54) is 18.6 Å². The predicted molar refractivity (Wildman–Crippen MR) is 113 cm³/mol. The van der Waals surface area contributed by atoms with E-state index in [0.717, 1.165) is 17.7 Å². The molecule has 3 heterocycles. The van der Waals surface area contributed by atoms with Crippen molar-refractivity contribution in [2.75, 3.05) is 18.5 Å². The molecule has 0 aliphatic carbocycles. The third-order valence-corrected chi connectivity index (χ3v) is 5.70. The standard InChI is InChI=1S/C22H23F5N6/c1-12(2)15-8-28-11-30-21(15)32-33-6-5-14(18(24)10-33)20-29-9-19(31-20)13-3-4-17(23)16(7-13)22(25,26)27/h3-4,7-9,11-12,14,18H,5-6,10H2,1-2H3,(H,29,31)(H,28,30,32)/t14?,18-/m1/s1. The number of aromatic nitrogens is 4. The smallest absolute Gasteiger partial charge is 0.342 e. The van der Waals surface area contributed by atoms with Crippen molar-refractivity contribution in [3.05, 3.63) is 59.7 Å². The van der Waals surface area contributed by atoms with Crippen LogP contribution in [0.4, 0.5) is 27.8 Å². The Kier molecular flexibility index (Phi) is 6.33. The van der Waals surface area contributed by atoms with Crippen molar-refractivity contribution >= 4 is 5.82 Å². The Morgan fingerprint density at radius 2 is 1.97 bits per heavy atom. The van der Waals surface area contributed by atoms with E-state index < -0.39 is 29.6 Å². The summed E-state index contributed by atoms with van der Waals surface area (Å²) in [5.41, 5.74) is 3.12. The number of piperidine rings is 1. The Balaban J connectivity index is 1.47.